The normalized spacial score (nSPS) is 11.7. The smallest absolute Gasteiger partial charge is 0.152 e. The van der Waals surface area contributed by atoms with Crippen LogP contribution in [0.3, 0.4) is 0 Å². The van der Waals surface area contributed by atoms with Crippen molar-refractivity contribution >= 4 is 72.6 Å². The van der Waals surface area contributed by atoms with E-state index in [1.54, 1.807) is 11.3 Å². The summed E-state index contributed by atoms with van der Waals surface area (Å²) < 4.78 is 4.48. The van der Waals surface area contributed by atoms with Gasteiger partial charge in [0, 0.05) is 19.3 Å². The first-order chi connectivity index (χ1) is 9.11. The molecule has 0 aliphatic carbocycles. The molecule has 7 heteroatoms. The van der Waals surface area contributed by atoms with Crippen LogP contribution in [0.2, 0.25) is 0 Å². The molecule has 0 aliphatic heterocycles. The molecular weight excluding hydrogens is 395 g/mol. The van der Waals surface area contributed by atoms with Gasteiger partial charge in [-0.15, -0.1) is 22.9 Å². The quantitative estimate of drug-likeness (QED) is 0.535. The fourth-order valence-electron chi connectivity index (χ4n) is 2.22. The van der Waals surface area contributed by atoms with Crippen LogP contribution in [-0.2, 0) is 13.5 Å². The van der Waals surface area contributed by atoms with Crippen molar-refractivity contribution in [1.82, 2.24) is 14.5 Å². The Kier molecular flexibility index (Phi) is 3.57. The molecule has 0 unspecified atom stereocenters. The minimum absolute atomic E-state index is 0.504. The van der Waals surface area contributed by atoms with Crippen LogP contribution in [0.15, 0.2) is 6.07 Å². The number of nitrogens with two attached hydrogens (primary N) is 1. The monoisotopic (exact) mass is 406 g/mol. The highest BCUT2D eigenvalue weighted by atomic mass is 127. The number of imidazole rings is 1. The maximum Gasteiger partial charge on any atom is 0.152 e. The average Bonchev–Trinajstić information content (AvgIpc) is 2.88. The highest BCUT2D eigenvalue weighted by Gasteiger charge is 2.16. The van der Waals surface area contributed by atoms with E-state index in [1.165, 1.54) is 2.88 Å². The average molecular weight is 407 g/mol. The Morgan fingerprint density at radius 2 is 2.26 bits per heavy atom. The summed E-state index contributed by atoms with van der Waals surface area (Å²) in [4.78, 5) is 9.07. The molecule has 0 fully saturated rings. The number of thiophene rings is 1. The van der Waals surface area contributed by atoms with Crippen molar-refractivity contribution in [3.05, 3.63) is 14.8 Å². The topological polar surface area (TPSA) is 56.7 Å². The summed E-state index contributed by atoms with van der Waals surface area (Å²) in [5.74, 6) is 2.16. The van der Waals surface area contributed by atoms with E-state index in [9.17, 15) is 0 Å². The van der Waals surface area contributed by atoms with Gasteiger partial charge in [-0.2, -0.15) is 0 Å². The SMILES string of the molecule is Cn1c(CCCCl)nc2c(N)nc3cc(I)sc3c21. The van der Waals surface area contributed by atoms with Gasteiger partial charge in [0.15, 0.2) is 5.82 Å². The number of aromatic nitrogens is 3. The minimum atomic E-state index is 0.504. The lowest BCUT2D eigenvalue weighted by Crippen LogP contribution is -1.98. The molecule has 0 spiro atoms. The number of aryl methyl sites for hydroxylation is 2. The third-order valence-electron chi connectivity index (χ3n) is 3.10. The van der Waals surface area contributed by atoms with Crippen LogP contribution in [-0.4, -0.2) is 20.4 Å². The summed E-state index contributed by atoms with van der Waals surface area (Å²) in [6.45, 7) is 0. The first kappa shape index (κ1) is 13.4. The van der Waals surface area contributed by atoms with Gasteiger partial charge < -0.3 is 10.3 Å². The van der Waals surface area contributed by atoms with Gasteiger partial charge in [0.1, 0.15) is 11.3 Å². The number of pyridine rings is 1. The number of nitrogens with zero attached hydrogens (tertiary/aromatic N) is 3. The van der Waals surface area contributed by atoms with Crippen molar-refractivity contribution in [1.29, 1.82) is 0 Å². The Hall–Kier alpha value is -0.600. The zero-order valence-corrected chi connectivity index (χ0v) is 14.0. The van der Waals surface area contributed by atoms with Crippen LogP contribution < -0.4 is 5.73 Å². The van der Waals surface area contributed by atoms with Crippen molar-refractivity contribution in [2.75, 3.05) is 11.6 Å². The Labute approximate surface area is 133 Å². The van der Waals surface area contributed by atoms with Crippen molar-refractivity contribution < 1.29 is 0 Å². The van der Waals surface area contributed by atoms with Crippen LogP contribution in [0.25, 0.3) is 21.3 Å². The van der Waals surface area contributed by atoms with Crippen molar-refractivity contribution in [3.63, 3.8) is 0 Å². The van der Waals surface area contributed by atoms with E-state index in [1.807, 2.05) is 7.05 Å². The molecule has 0 aromatic carbocycles. The molecule has 2 N–H and O–H groups in total. The van der Waals surface area contributed by atoms with Crippen LogP contribution in [0.1, 0.15) is 12.2 Å². The predicted molar refractivity (Wildman–Crippen MR) is 90.1 cm³/mol. The summed E-state index contributed by atoms with van der Waals surface area (Å²) in [5, 5.41) is 0. The van der Waals surface area contributed by atoms with E-state index in [-0.39, 0.29) is 0 Å². The Morgan fingerprint density at radius 1 is 1.47 bits per heavy atom. The number of rotatable bonds is 3. The van der Waals surface area contributed by atoms with Crippen molar-refractivity contribution in [2.45, 2.75) is 12.8 Å². The van der Waals surface area contributed by atoms with Gasteiger partial charge >= 0.3 is 0 Å². The lowest BCUT2D eigenvalue weighted by molar-refractivity contribution is 0.777. The van der Waals surface area contributed by atoms with E-state index in [2.05, 4.69) is 43.2 Å². The van der Waals surface area contributed by atoms with Gasteiger partial charge in [0.25, 0.3) is 0 Å². The molecule has 3 aromatic heterocycles. The van der Waals surface area contributed by atoms with Crippen LogP contribution >= 0.6 is 45.5 Å². The number of hydrogen-bond acceptors (Lipinski definition) is 4. The maximum absolute atomic E-state index is 6.03. The maximum atomic E-state index is 6.03. The molecular formula is C12H12ClIN4S. The predicted octanol–water partition coefficient (Wildman–Crippen LogP) is 3.54. The Balaban J connectivity index is 2.32. The van der Waals surface area contributed by atoms with E-state index >= 15 is 0 Å². The fourth-order valence-corrected chi connectivity index (χ4v) is 4.21. The van der Waals surface area contributed by atoms with E-state index in [4.69, 9.17) is 17.3 Å². The lowest BCUT2D eigenvalue weighted by atomic mass is 10.3. The summed E-state index contributed by atoms with van der Waals surface area (Å²) in [6, 6.07) is 2.06. The van der Waals surface area contributed by atoms with E-state index in [0.717, 1.165) is 39.9 Å². The zero-order chi connectivity index (χ0) is 13.6. The second-order valence-electron chi connectivity index (χ2n) is 4.34. The summed E-state index contributed by atoms with van der Waals surface area (Å²) >= 11 is 9.79. The first-order valence-corrected chi connectivity index (χ1v) is 8.30. The molecule has 4 nitrogen and oxygen atoms in total. The number of halogens is 2. The second-order valence-corrected chi connectivity index (χ2v) is 7.66. The summed E-state index contributed by atoms with van der Waals surface area (Å²) in [5.41, 5.74) is 8.87. The summed E-state index contributed by atoms with van der Waals surface area (Å²) in [6.07, 6.45) is 1.77. The molecule has 0 saturated heterocycles. The number of fused-ring (bicyclic) bond motifs is 3. The molecule has 0 atom stereocenters. The molecule has 3 heterocycles. The molecule has 0 amide bonds. The first-order valence-electron chi connectivity index (χ1n) is 5.87. The number of anilines is 1. The number of hydrogen-bond donors (Lipinski definition) is 1. The molecule has 0 saturated carbocycles. The number of alkyl halides is 1. The zero-order valence-electron chi connectivity index (χ0n) is 10.3. The highest BCUT2D eigenvalue weighted by Crippen LogP contribution is 2.34. The Bertz CT molecular complexity index is 764. The second kappa shape index (κ2) is 5.06. The molecule has 0 bridgehead atoms. The third-order valence-corrected chi connectivity index (χ3v) is 5.26. The Morgan fingerprint density at radius 3 is 3.00 bits per heavy atom. The van der Waals surface area contributed by atoms with Crippen molar-refractivity contribution in [2.24, 2.45) is 7.05 Å². The minimum Gasteiger partial charge on any atom is -0.382 e. The van der Waals surface area contributed by atoms with Gasteiger partial charge in [-0.25, -0.2) is 9.97 Å². The highest BCUT2D eigenvalue weighted by molar-refractivity contribution is 14.1. The molecule has 0 radical (unpaired) electrons. The van der Waals surface area contributed by atoms with Gasteiger partial charge in [0.05, 0.1) is 18.6 Å². The largest absolute Gasteiger partial charge is 0.382 e. The van der Waals surface area contributed by atoms with Gasteiger partial charge in [-0.1, -0.05) is 0 Å². The fraction of sp³-hybridized carbons (Fsp3) is 0.333. The third kappa shape index (κ3) is 2.19. The van der Waals surface area contributed by atoms with Gasteiger partial charge in [-0.3, -0.25) is 0 Å². The standard InChI is InChI=1S/C12H12ClIN4S/c1-18-8(3-2-4-13)17-9-10(18)11-6(16-12(9)15)5-7(14)19-11/h5H,2-4H2,1H3,(H2,15,16). The van der Waals surface area contributed by atoms with Crippen LogP contribution in [0, 0.1) is 2.88 Å². The van der Waals surface area contributed by atoms with Crippen LogP contribution in [0.4, 0.5) is 5.82 Å². The molecule has 0 aliphatic rings. The molecule has 3 rings (SSSR count). The molecule has 19 heavy (non-hydrogen) atoms. The van der Waals surface area contributed by atoms with Crippen LogP contribution in [0.5, 0.6) is 0 Å². The van der Waals surface area contributed by atoms with E-state index < -0.39 is 0 Å². The number of nitrogen functional groups attached to an aromatic ring is 1. The molecule has 100 valence electrons. The summed E-state index contributed by atoms with van der Waals surface area (Å²) in [7, 11) is 2.03. The van der Waals surface area contributed by atoms with Gasteiger partial charge in [-0.05, 0) is 35.1 Å². The van der Waals surface area contributed by atoms with E-state index in [0.29, 0.717) is 11.7 Å². The molecule has 3 aromatic rings. The van der Waals surface area contributed by atoms with Crippen molar-refractivity contribution in [3.8, 4) is 0 Å². The lowest BCUT2D eigenvalue weighted by Gasteiger charge is -2.01. The van der Waals surface area contributed by atoms with Gasteiger partial charge in [0.2, 0.25) is 0 Å².